The highest BCUT2D eigenvalue weighted by atomic mass is 16.6. The number of anilines is 2. The van der Waals surface area contributed by atoms with Crippen molar-refractivity contribution in [3.63, 3.8) is 0 Å². The van der Waals surface area contributed by atoms with Gasteiger partial charge in [0.1, 0.15) is 5.69 Å². The Labute approximate surface area is 166 Å². The second-order valence-electron chi connectivity index (χ2n) is 7.29. The summed E-state index contributed by atoms with van der Waals surface area (Å²) < 4.78 is 0. The minimum atomic E-state index is -0.500. The molecule has 0 radical (unpaired) electrons. The standard InChI is InChI=1S/C20H20N4O5/c25-20(22-11-8-14-4-6-16(23(26)27)13-18(14)22)15-5-7-17(19(12-15)24(28)29)21-9-2-1-3-10-21/h4-7,12-13H,1-3,8-11H2. The van der Waals surface area contributed by atoms with Gasteiger partial charge in [0.15, 0.2) is 0 Å². The summed E-state index contributed by atoms with van der Waals surface area (Å²) in [6, 6.07) is 9.03. The lowest BCUT2D eigenvalue weighted by Crippen LogP contribution is -2.31. The van der Waals surface area contributed by atoms with Gasteiger partial charge < -0.3 is 9.80 Å². The molecule has 2 aromatic carbocycles. The van der Waals surface area contributed by atoms with Crippen molar-refractivity contribution in [1.82, 2.24) is 0 Å². The van der Waals surface area contributed by atoms with Crippen LogP contribution in [0.2, 0.25) is 0 Å². The van der Waals surface area contributed by atoms with Crippen LogP contribution in [0.25, 0.3) is 0 Å². The molecule has 0 aliphatic carbocycles. The molecule has 0 spiro atoms. The predicted molar refractivity (Wildman–Crippen MR) is 108 cm³/mol. The maximum Gasteiger partial charge on any atom is 0.293 e. The lowest BCUT2D eigenvalue weighted by molar-refractivity contribution is -0.384. The monoisotopic (exact) mass is 396 g/mol. The Morgan fingerprint density at radius 2 is 1.62 bits per heavy atom. The predicted octanol–water partition coefficient (Wildman–Crippen LogP) is 3.70. The van der Waals surface area contributed by atoms with E-state index in [0.717, 1.165) is 37.9 Å². The molecule has 4 rings (SSSR count). The summed E-state index contributed by atoms with van der Waals surface area (Å²) in [5, 5.41) is 22.7. The molecule has 29 heavy (non-hydrogen) atoms. The molecule has 0 bridgehead atoms. The number of amides is 1. The van der Waals surface area contributed by atoms with Gasteiger partial charge in [0.2, 0.25) is 0 Å². The molecule has 9 heteroatoms. The van der Waals surface area contributed by atoms with Crippen molar-refractivity contribution in [3.05, 3.63) is 67.8 Å². The summed E-state index contributed by atoms with van der Waals surface area (Å²) in [6.45, 7) is 1.91. The molecule has 0 aromatic heterocycles. The largest absolute Gasteiger partial charge is 0.366 e. The van der Waals surface area contributed by atoms with E-state index in [4.69, 9.17) is 0 Å². The number of hydrogen-bond acceptors (Lipinski definition) is 6. The fourth-order valence-corrected chi connectivity index (χ4v) is 4.05. The van der Waals surface area contributed by atoms with E-state index in [1.54, 1.807) is 18.2 Å². The molecule has 2 aliphatic rings. The molecule has 2 aromatic rings. The Hall–Kier alpha value is -3.49. The first-order chi connectivity index (χ1) is 14.0. The zero-order chi connectivity index (χ0) is 20.5. The van der Waals surface area contributed by atoms with Crippen LogP contribution in [0, 0.1) is 20.2 Å². The molecule has 1 amide bonds. The van der Waals surface area contributed by atoms with E-state index in [-0.39, 0.29) is 16.9 Å². The molecule has 2 heterocycles. The second-order valence-corrected chi connectivity index (χ2v) is 7.29. The van der Waals surface area contributed by atoms with Gasteiger partial charge in [-0.1, -0.05) is 6.07 Å². The summed E-state index contributed by atoms with van der Waals surface area (Å²) in [5.74, 6) is -0.391. The summed E-state index contributed by atoms with van der Waals surface area (Å²) >= 11 is 0. The number of carbonyl (C=O) groups is 1. The van der Waals surface area contributed by atoms with Crippen LogP contribution >= 0.6 is 0 Å². The first-order valence-electron chi connectivity index (χ1n) is 9.58. The summed E-state index contributed by atoms with van der Waals surface area (Å²) in [7, 11) is 0. The Bertz CT molecular complexity index is 1000. The Kier molecular flexibility index (Phi) is 4.87. The number of hydrogen-bond donors (Lipinski definition) is 0. The Morgan fingerprint density at radius 3 is 2.31 bits per heavy atom. The van der Waals surface area contributed by atoms with Crippen molar-refractivity contribution in [1.29, 1.82) is 0 Å². The maximum absolute atomic E-state index is 13.1. The number of rotatable bonds is 4. The Balaban J connectivity index is 1.67. The van der Waals surface area contributed by atoms with E-state index in [0.29, 0.717) is 24.3 Å². The Morgan fingerprint density at radius 1 is 0.862 bits per heavy atom. The normalized spacial score (nSPS) is 15.9. The van der Waals surface area contributed by atoms with Crippen LogP contribution in [0.5, 0.6) is 0 Å². The minimum Gasteiger partial charge on any atom is -0.366 e. The van der Waals surface area contributed by atoms with E-state index in [1.807, 2.05) is 4.90 Å². The van der Waals surface area contributed by atoms with Crippen LogP contribution in [-0.2, 0) is 6.42 Å². The fourth-order valence-electron chi connectivity index (χ4n) is 4.05. The third-order valence-electron chi connectivity index (χ3n) is 5.54. The second kappa shape index (κ2) is 7.50. The SMILES string of the molecule is O=C(c1ccc(N2CCCCC2)c([N+](=O)[O-])c1)N1CCc2ccc([N+](=O)[O-])cc21. The van der Waals surface area contributed by atoms with Crippen molar-refractivity contribution in [3.8, 4) is 0 Å². The molecule has 0 atom stereocenters. The average Bonchev–Trinajstić information content (AvgIpc) is 3.16. The lowest BCUT2D eigenvalue weighted by Gasteiger charge is -2.28. The van der Waals surface area contributed by atoms with Gasteiger partial charge in [-0.2, -0.15) is 0 Å². The van der Waals surface area contributed by atoms with E-state index < -0.39 is 15.8 Å². The first-order valence-corrected chi connectivity index (χ1v) is 9.58. The number of nitro groups is 2. The minimum absolute atomic E-state index is 0.0868. The van der Waals surface area contributed by atoms with Crippen LogP contribution < -0.4 is 9.80 Å². The number of fused-ring (bicyclic) bond motifs is 1. The molecule has 150 valence electrons. The molecule has 1 fully saturated rings. The van der Waals surface area contributed by atoms with Gasteiger partial charge in [-0.25, -0.2) is 0 Å². The maximum atomic E-state index is 13.1. The molecule has 9 nitrogen and oxygen atoms in total. The zero-order valence-corrected chi connectivity index (χ0v) is 15.7. The van der Waals surface area contributed by atoms with Crippen molar-refractivity contribution >= 4 is 28.7 Å². The van der Waals surface area contributed by atoms with E-state index in [9.17, 15) is 25.0 Å². The number of nitrogens with zero attached hydrogens (tertiary/aromatic N) is 4. The highest BCUT2D eigenvalue weighted by Crippen LogP contribution is 2.35. The molecular formula is C20H20N4O5. The number of non-ortho nitro benzene ring substituents is 1. The van der Waals surface area contributed by atoms with E-state index >= 15 is 0 Å². The number of carbonyl (C=O) groups excluding carboxylic acids is 1. The number of benzene rings is 2. The van der Waals surface area contributed by atoms with Gasteiger partial charge >= 0.3 is 0 Å². The lowest BCUT2D eigenvalue weighted by atomic mass is 10.1. The number of piperidine rings is 1. The van der Waals surface area contributed by atoms with Gasteiger partial charge in [-0.15, -0.1) is 0 Å². The molecule has 0 N–H and O–H groups in total. The van der Waals surface area contributed by atoms with Crippen molar-refractivity contribution < 1.29 is 14.6 Å². The van der Waals surface area contributed by atoms with Crippen LogP contribution in [0.15, 0.2) is 36.4 Å². The third kappa shape index (κ3) is 3.51. The van der Waals surface area contributed by atoms with Gasteiger partial charge in [-0.05, 0) is 43.4 Å². The zero-order valence-electron chi connectivity index (χ0n) is 15.7. The van der Waals surface area contributed by atoms with Crippen LogP contribution in [-0.4, -0.2) is 35.4 Å². The van der Waals surface area contributed by atoms with Gasteiger partial charge in [0, 0.05) is 43.4 Å². The molecular weight excluding hydrogens is 376 g/mol. The quantitative estimate of drug-likeness (QED) is 0.576. The van der Waals surface area contributed by atoms with Crippen molar-refractivity contribution in [2.75, 3.05) is 29.4 Å². The van der Waals surface area contributed by atoms with Gasteiger partial charge in [-0.3, -0.25) is 25.0 Å². The highest BCUT2D eigenvalue weighted by Gasteiger charge is 2.30. The third-order valence-corrected chi connectivity index (χ3v) is 5.54. The molecule has 1 saturated heterocycles. The summed E-state index contributed by atoms with van der Waals surface area (Å²) in [4.78, 5) is 38.3. The summed E-state index contributed by atoms with van der Waals surface area (Å²) in [6.07, 6.45) is 3.68. The van der Waals surface area contributed by atoms with Crippen molar-refractivity contribution in [2.24, 2.45) is 0 Å². The number of nitro benzene ring substituents is 2. The van der Waals surface area contributed by atoms with Gasteiger partial charge in [0.05, 0.1) is 15.5 Å². The van der Waals surface area contributed by atoms with Crippen molar-refractivity contribution in [2.45, 2.75) is 25.7 Å². The van der Waals surface area contributed by atoms with E-state index in [1.165, 1.54) is 23.1 Å². The fraction of sp³-hybridized carbons (Fsp3) is 0.350. The first kappa shape index (κ1) is 18.9. The van der Waals surface area contributed by atoms with E-state index in [2.05, 4.69) is 0 Å². The summed E-state index contributed by atoms with van der Waals surface area (Å²) in [5.41, 5.74) is 1.90. The molecule has 0 saturated carbocycles. The van der Waals surface area contributed by atoms with Crippen LogP contribution in [0.3, 0.4) is 0 Å². The van der Waals surface area contributed by atoms with Crippen LogP contribution in [0.4, 0.5) is 22.7 Å². The molecule has 0 unspecified atom stereocenters. The average molecular weight is 396 g/mol. The molecule has 2 aliphatic heterocycles. The topological polar surface area (TPSA) is 110 Å². The highest BCUT2D eigenvalue weighted by molar-refractivity contribution is 6.08. The van der Waals surface area contributed by atoms with Crippen LogP contribution in [0.1, 0.15) is 35.2 Å². The van der Waals surface area contributed by atoms with Gasteiger partial charge in [0.25, 0.3) is 17.3 Å². The smallest absolute Gasteiger partial charge is 0.293 e.